The molecular formula is C25H32N2O7. The first-order valence-corrected chi connectivity index (χ1v) is 11.2. The van der Waals surface area contributed by atoms with Crippen LogP contribution in [0.25, 0.3) is 11.1 Å². The van der Waals surface area contributed by atoms with Crippen molar-refractivity contribution in [3.63, 3.8) is 0 Å². The number of hydrogen-bond donors (Lipinski definition) is 2. The van der Waals surface area contributed by atoms with Gasteiger partial charge in [-0.3, -0.25) is 4.79 Å². The molecule has 34 heavy (non-hydrogen) atoms. The molecule has 0 bridgehead atoms. The van der Waals surface area contributed by atoms with Gasteiger partial charge >= 0.3 is 6.09 Å². The number of ether oxygens (including phenoxy) is 5. The Morgan fingerprint density at radius 2 is 1.47 bits per heavy atom. The summed E-state index contributed by atoms with van der Waals surface area (Å²) in [4.78, 5) is 23.7. The van der Waals surface area contributed by atoms with Gasteiger partial charge < -0.3 is 34.3 Å². The fourth-order valence-corrected chi connectivity index (χ4v) is 3.77. The molecule has 0 aliphatic heterocycles. The van der Waals surface area contributed by atoms with Crippen molar-refractivity contribution in [3.8, 4) is 11.1 Å². The molecule has 0 saturated carbocycles. The van der Waals surface area contributed by atoms with E-state index >= 15 is 0 Å². The molecule has 3 rings (SSSR count). The zero-order valence-electron chi connectivity index (χ0n) is 19.6. The lowest BCUT2D eigenvalue weighted by atomic mass is 9.98. The highest BCUT2D eigenvalue weighted by atomic mass is 16.7. The molecular weight excluding hydrogens is 440 g/mol. The van der Waals surface area contributed by atoms with Gasteiger partial charge in [0, 0.05) is 26.7 Å². The molecule has 2 amide bonds. The van der Waals surface area contributed by atoms with Crippen LogP contribution in [0.15, 0.2) is 48.5 Å². The topological polar surface area (TPSA) is 104 Å². The van der Waals surface area contributed by atoms with Gasteiger partial charge in [0.2, 0.25) is 5.91 Å². The number of carbonyl (C=O) groups is 2. The van der Waals surface area contributed by atoms with Crippen LogP contribution in [0.5, 0.6) is 0 Å². The van der Waals surface area contributed by atoms with Crippen LogP contribution < -0.4 is 10.6 Å². The summed E-state index contributed by atoms with van der Waals surface area (Å²) < 4.78 is 26.1. The summed E-state index contributed by atoms with van der Waals surface area (Å²) in [5.74, 6) is -0.241. The van der Waals surface area contributed by atoms with E-state index in [4.69, 9.17) is 23.7 Å². The summed E-state index contributed by atoms with van der Waals surface area (Å²) in [5, 5.41) is 5.32. The van der Waals surface area contributed by atoms with Crippen LogP contribution in [0.3, 0.4) is 0 Å². The standard InChI is InChI=1S/C25H32N2O7/c1-30-24(31-2)15-27-23(28)17-33-14-13-32-12-11-26-25(29)34-16-22-20-9-5-3-7-18(20)19-8-4-6-10-21(19)22/h3-10,22,24H,11-17H2,1-2H3,(H,26,29)(H,27,28). The quantitative estimate of drug-likeness (QED) is 0.321. The van der Waals surface area contributed by atoms with Crippen LogP contribution >= 0.6 is 0 Å². The normalized spacial score (nSPS) is 12.3. The number of rotatable bonds is 14. The van der Waals surface area contributed by atoms with Gasteiger partial charge in [-0.15, -0.1) is 0 Å². The summed E-state index contributed by atoms with van der Waals surface area (Å²) in [5.41, 5.74) is 4.72. The number of carbonyl (C=O) groups excluding carboxylic acids is 2. The van der Waals surface area contributed by atoms with E-state index in [0.29, 0.717) is 19.8 Å². The molecule has 0 atom stereocenters. The zero-order valence-corrected chi connectivity index (χ0v) is 19.6. The average molecular weight is 473 g/mol. The van der Waals surface area contributed by atoms with Gasteiger partial charge in [0.15, 0.2) is 6.29 Å². The van der Waals surface area contributed by atoms with Crippen molar-refractivity contribution >= 4 is 12.0 Å². The third kappa shape index (κ3) is 7.26. The smallest absolute Gasteiger partial charge is 0.407 e. The van der Waals surface area contributed by atoms with Crippen molar-refractivity contribution in [3.05, 3.63) is 59.7 Å². The maximum Gasteiger partial charge on any atom is 0.407 e. The first kappa shape index (κ1) is 25.6. The summed E-state index contributed by atoms with van der Waals surface area (Å²) in [6, 6.07) is 16.4. The van der Waals surface area contributed by atoms with E-state index in [0.717, 1.165) is 0 Å². The number of fused-ring (bicyclic) bond motifs is 3. The maximum atomic E-state index is 12.1. The molecule has 1 aliphatic carbocycles. The van der Waals surface area contributed by atoms with Gasteiger partial charge in [0.05, 0.1) is 26.4 Å². The third-order valence-corrected chi connectivity index (χ3v) is 5.46. The number of methoxy groups -OCH3 is 2. The first-order valence-electron chi connectivity index (χ1n) is 11.2. The maximum absolute atomic E-state index is 12.1. The van der Waals surface area contributed by atoms with Crippen LogP contribution in [-0.2, 0) is 28.5 Å². The Labute approximate surface area is 199 Å². The number of benzene rings is 2. The Morgan fingerprint density at radius 3 is 2.12 bits per heavy atom. The Balaban J connectivity index is 1.25. The Kier molecular flexibility index (Phi) is 10.3. The summed E-state index contributed by atoms with van der Waals surface area (Å²) in [6.45, 7) is 1.62. The third-order valence-electron chi connectivity index (χ3n) is 5.46. The minimum absolute atomic E-state index is 0.0265. The molecule has 0 heterocycles. The minimum atomic E-state index is -0.490. The van der Waals surface area contributed by atoms with Crippen molar-refractivity contribution in [2.45, 2.75) is 12.2 Å². The van der Waals surface area contributed by atoms with Gasteiger partial charge in [-0.2, -0.15) is 0 Å². The molecule has 9 nitrogen and oxygen atoms in total. The van der Waals surface area contributed by atoms with E-state index in [-0.39, 0.29) is 38.2 Å². The number of nitrogens with one attached hydrogen (secondary N) is 2. The minimum Gasteiger partial charge on any atom is -0.449 e. The monoisotopic (exact) mass is 472 g/mol. The van der Waals surface area contributed by atoms with Crippen molar-refractivity contribution in [2.24, 2.45) is 0 Å². The van der Waals surface area contributed by atoms with Crippen LogP contribution in [0.2, 0.25) is 0 Å². The summed E-state index contributed by atoms with van der Waals surface area (Å²) >= 11 is 0. The molecule has 2 N–H and O–H groups in total. The number of alkyl carbamates (subject to hydrolysis) is 1. The average Bonchev–Trinajstić information content (AvgIpc) is 3.18. The van der Waals surface area contributed by atoms with Crippen LogP contribution in [0.1, 0.15) is 17.0 Å². The van der Waals surface area contributed by atoms with E-state index < -0.39 is 12.4 Å². The number of amides is 2. The second-order valence-electron chi connectivity index (χ2n) is 7.62. The Bertz CT molecular complexity index is 887. The molecule has 0 unspecified atom stereocenters. The van der Waals surface area contributed by atoms with Crippen molar-refractivity contribution in [2.75, 3.05) is 60.3 Å². The van der Waals surface area contributed by atoms with Crippen LogP contribution in [0.4, 0.5) is 4.79 Å². The van der Waals surface area contributed by atoms with Crippen molar-refractivity contribution in [1.82, 2.24) is 10.6 Å². The van der Waals surface area contributed by atoms with Crippen LogP contribution in [-0.4, -0.2) is 78.6 Å². The lowest BCUT2D eigenvalue weighted by Gasteiger charge is -2.14. The highest BCUT2D eigenvalue weighted by Crippen LogP contribution is 2.44. The second kappa shape index (κ2) is 13.7. The van der Waals surface area contributed by atoms with Gasteiger partial charge in [-0.1, -0.05) is 48.5 Å². The predicted octanol–water partition coefficient (Wildman–Crippen LogP) is 2.29. The van der Waals surface area contributed by atoms with E-state index in [1.54, 1.807) is 0 Å². The molecule has 0 saturated heterocycles. The van der Waals surface area contributed by atoms with Gasteiger partial charge in [0.1, 0.15) is 13.2 Å². The second-order valence-corrected chi connectivity index (χ2v) is 7.62. The molecule has 0 spiro atoms. The molecule has 2 aromatic rings. The molecule has 0 fully saturated rings. The van der Waals surface area contributed by atoms with Crippen molar-refractivity contribution < 1.29 is 33.3 Å². The first-order chi connectivity index (χ1) is 16.6. The SMILES string of the molecule is COC(CNC(=O)COCCOCCNC(=O)OCC1c2ccccc2-c2ccccc21)OC. The molecule has 0 radical (unpaired) electrons. The molecule has 1 aliphatic rings. The number of hydrogen-bond acceptors (Lipinski definition) is 7. The van der Waals surface area contributed by atoms with E-state index in [2.05, 4.69) is 34.9 Å². The lowest BCUT2D eigenvalue weighted by Crippen LogP contribution is -2.36. The predicted molar refractivity (Wildman–Crippen MR) is 126 cm³/mol. The largest absolute Gasteiger partial charge is 0.449 e. The highest BCUT2D eigenvalue weighted by molar-refractivity contribution is 5.79. The van der Waals surface area contributed by atoms with E-state index in [9.17, 15) is 9.59 Å². The van der Waals surface area contributed by atoms with Crippen molar-refractivity contribution in [1.29, 1.82) is 0 Å². The molecule has 9 heteroatoms. The Morgan fingerprint density at radius 1 is 0.853 bits per heavy atom. The van der Waals surface area contributed by atoms with Gasteiger partial charge in [-0.25, -0.2) is 4.79 Å². The van der Waals surface area contributed by atoms with E-state index in [1.807, 2.05) is 24.3 Å². The summed E-state index contributed by atoms with van der Waals surface area (Å²) in [6.07, 6.45) is -0.972. The summed E-state index contributed by atoms with van der Waals surface area (Å²) in [7, 11) is 2.99. The highest BCUT2D eigenvalue weighted by Gasteiger charge is 2.28. The van der Waals surface area contributed by atoms with Gasteiger partial charge in [0.25, 0.3) is 0 Å². The van der Waals surface area contributed by atoms with Crippen LogP contribution in [0, 0.1) is 0 Å². The Hall–Kier alpha value is -2.98. The zero-order chi connectivity index (χ0) is 24.2. The van der Waals surface area contributed by atoms with Gasteiger partial charge in [-0.05, 0) is 22.3 Å². The fourth-order valence-electron chi connectivity index (χ4n) is 3.77. The lowest BCUT2D eigenvalue weighted by molar-refractivity contribution is -0.131. The fraction of sp³-hybridized carbons (Fsp3) is 0.440. The molecule has 184 valence electrons. The van der Waals surface area contributed by atoms with E-state index in [1.165, 1.54) is 36.5 Å². The molecule has 2 aromatic carbocycles. The molecule has 0 aromatic heterocycles.